The number of benzene rings is 2. The van der Waals surface area contributed by atoms with Crippen LogP contribution < -0.4 is 4.90 Å². The summed E-state index contributed by atoms with van der Waals surface area (Å²) in [5, 5.41) is 9.12. The first-order valence-electron chi connectivity index (χ1n) is 11.8. The zero-order valence-corrected chi connectivity index (χ0v) is 19.5. The summed E-state index contributed by atoms with van der Waals surface area (Å²) in [4.78, 5) is 13.6. The van der Waals surface area contributed by atoms with Crippen molar-refractivity contribution in [2.24, 2.45) is 0 Å². The summed E-state index contributed by atoms with van der Waals surface area (Å²) in [7, 11) is 0. The molecule has 2 aromatic rings. The van der Waals surface area contributed by atoms with Gasteiger partial charge in [0.05, 0.1) is 5.56 Å². The molecule has 0 aliphatic carbocycles. The van der Waals surface area contributed by atoms with E-state index < -0.39 is 5.97 Å². The minimum absolute atomic E-state index is 0.221. The highest BCUT2D eigenvalue weighted by atomic mass is 16.4. The number of carboxylic acids is 1. The number of unbranched alkanes of at least 4 members (excludes halogenated alkanes) is 2. The molecule has 3 heteroatoms. The van der Waals surface area contributed by atoms with Crippen LogP contribution in [0.15, 0.2) is 48.5 Å². The largest absolute Gasteiger partial charge is 0.478 e. The molecule has 0 fully saturated rings. The maximum absolute atomic E-state index is 11.1. The van der Waals surface area contributed by atoms with Gasteiger partial charge in [0.1, 0.15) is 0 Å². The molecule has 0 amide bonds. The number of nitrogens with zero attached hydrogens (tertiary/aromatic N) is 1. The number of carboxylic acid groups (broad SMARTS) is 1. The van der Waals surface area contributed by atoms with Gasteiger partial charge in [-0.1, -0.05) is 76.5 Å². The van der Waals surface area contributed by atoms with E-state index in [2.05, 4.69) is 62.9 Å². The van der Waals surface area contributed by atoms with Crippen molar-refractivity contribution in [3.8, 4) is 0 Å². The Balaban J connectivity index is 1.90. The van der Waals surface area contributed by atoms with Crippen LogP contribution in [0, 0.1) is 0 Å². The maximum Gasteiger partial charge on any atom is 0.335 e. The molecular formula is C28H37NO2. The van der Waals surface area contributed by atoms with E-state index in [1.54, 1.807) is 12.1 Å². The Bertz CT molecular complexity index is 911. The minimum Gasteiger partial charge on any atom is -0.478 e. The molecule has 31 heavy (non-hydrogen) atoms. The van der Waals surface area contributed by atoms with Gasteiger partial charge in [-0.15, -0.1) is 0 Å². The number of aromatic carboxylic acids is 1. The van der Waals surface area contributed by atoms with Gasteiger partial charge in [-0.2, -0.15) is 0 Å². The van der Waals surface area contributed by atoms with Gasteiger partial charge in [-0.05, 0) is 60.1 Å². The van der Waals surface area contributed by atoms with E-state index in [1.807, 2.05) is 12.1 Å². The summed E-state index contributed by atoms with van der Waals surface area (Å²) < 4.78 is 0. The Morgan fingerprint density at radius 2 is 1.87 bits per heavy atom. The number of hydrogen-bond acceptors (Lipinski definition) is 2. The molecular weight excluding hydrogens is 382 g/mol. The zero-order valence-electron chi connectivity index (χ0n) is 19.5. The van der Waals surface area contributed by atoms with Gasteiger partial charge in [0.25, 0.3) is 0 Å². The smallest absolute Gasteiger partial charge is 0.335 e. The average molecular weight is 420 g/mol. The summed E-state index contributed by atoms with van der Waals surface area (Å²) in [5.41, 5.74) is 5.83. The molecule has 3 nitrogen and oxygen atoms in total. The van der Waals surface area contributed by atoms with Crippen LogP contribution in [0.3, 0.4) is 0 Å². The Morgan fingerprint density at radius 3 is 2.52 bits per heavy atom. The third-order valence-corrected chi connectivity index (χ3v) is 6.71. The summed E-state index contributed by atoms with van der Waals surface area (Å²) >= 11 is 0. The Labute approximate surface area is 187 Å². The fraction of sp³-hybridized carbons (Fsp3) is 0.464. The molecule has 0 bridgehead atoms. The molecule has 3 rings (SSSR count). The van der Waals surface area contributed by atoms with Gasteiger partial charge < -0.3 is 10.0 Å². The maximum atomic E-state index is 11.1. The molecule has 1 aliphatic heterocycles. The number of allylic oxidation sites excluding steroid dienone is 1. The van der Waals surface area contributed by atoms with Crippen molar-refractivity contribution < 1.29 is 9.90 Å². The highest BCUT2D eigenvalue weighted by molar-refractivity contribution is 5.87. The molecule has 1 aliphatic rings. The second-order valence-corrected chi connectivity index (χ2v) is 9.38. The molecule has 0 spiro atoms. The van der Waals surface area contributed by atoms with Crippen molar-refractivity contribution in [3.05, 3.63) is 70.8 Å². The number of carbonyl (C=O) groups is 1. The Hall–Kier alpha value is -2.55. The summed E-state index contributed by atoms with van der Waals surface area (Å²) in [6, 6.07) is 14.2. The van der Waals surface area contributed by atoms with Crippen LogP contribution in [0.25, 0.3) is 6.08 Å². The SMILES string of the molecule is CCCCCC(C=Cc1ccc(C(=O)O)cc1)c1ccc2c(c1)N(CC)CCC2(C)C. The zero-order chi connectivity index (χ0) is 22.4. The van der Waals surface area contributed by atoms with Crippen molar-refractivity contribution >= 4 is 17.7 Å². The molecule has 2 aromatic carbocycles. The lowest BCUT2D eigenvalue weighted by Gasteiger charge is -2.40. The Morgan fingerprint density at radius 1 is 1.13 bits per heavy atom. The number of hydrogen-bond donors (Lipinski definition) is 1. The first-order valence-corrected chi connectivity index (χ1v) is 11.8. The Kier molecular flexibility index (Phi) is 7.59. The number of fused-ring (bicyclic) bond motifs is 1. The molecule has 166 valence electrons. The van der Waals surface area contributed by atoms with Crippen LogP contribution in [0.2, 0.25) is 0 Å². The van der Waals surface area contributed by atoms with Crippen molar-refractivity contribution in [1.29, 1.82) is 0 Å². The van der Waals surface area contributed by atoms with Gasteiger partial charge >= 0.3 is 5.97 Å². The third-order valence-electron chi connectivity index (χ3n) is 6.71. The lowest BCUT2D eigenvalue weighted by Crippen LogP contribution is -2.37. The molecule has 0 saturated heterocycles. The standard InChI is InChI=1S/C28H37NO2/c1-5-7-8-9-22(13-10-21-11-14-23(15-12-21)27(30)31)24-16-17-25-26(20-24)29(6-2)19-18-28(25,3)4/h10-17,20,22H,5-9,18-19H2,1-4H3,(H,30,31). The van der Waals surface area contributed by atoms with Gasteiger partial charge in [0, 0.05) is 24.7 Å². The number of rotatable bonds is 9. The van der Waals surface area contributed by atoms with Gasteiger partial charge in [-0.3, -0.25) is 0 Å². The minimum atomic E-state index is -0.884. The predicted octanol–water partition coefficient (Wildman–Crippen LogP) is 7.27. The molecule has 0 saturated carbocycles. The van der Waals surface area contributed by atoms with Crippen molar-refractivity contribution in [3.63, 3.8) is 0 Å². The molecule has 1 unspecified atom stereocenters. The van der Waals surface area contributed by atoms with E-state index >= 15 is 0 Å². The predicted molar refractivity (Wildman–Crippen MR) is 131 cm³/mol. The van der Waals surface area contributed by atoms with Gasteiger partial charge in [0.15, 0.2) is 0 Å². The molecule has 1 N–H and O–H groups in total. The second-order valence-electron chi connectivity index (χ2n) is 9.38. The van der Waals surface area contributed by atoms with E-state index in [0.29, 0.717) is 11.5 Å². The van der Waals surface area contributed by atoms with Crippen LogP contribution in [-0.2, 0) is 5.41 Å². The third kappa shape index (κ3) is 5.58. The van der Waals surface area contributed by atoms with Crippen molar-refractivity contribution in [2.45, 2.75) is 71.1 Å². The van der Waals surface area contributed by atoms with Gasteiger partial charge in [-0.25, -0.2) is 4.79 Å². The summed E-state index contributed by atoms with van der Waals surface area (Å²) in [5.74, 6) is -0.523. The second kappa shape index (κ2) is 10.2. The van der Waals surface area contributed by atoms with E-state index in [4.69, 9.17) is 5.11 Å². The molecule has 0 aromatic heterocycles. The van der Waals surface area contributed by atoms with E-state index in [9.17, 15) is 4.79 Å². The lowest BCUT2D eigenvalue weighted by atomic mass is 9.76. The van der Waals surface area contributed by atoms with Crippen LogP contribution in [-0.4, -0.2) is 24.2 Å². The van der Waals surface area contributed by atoms with Gasteiger partial charge in [0.2, 0.25) is 0 Å². The van der Waals surface area contributed by atoms with E-state index in [1.165, 1.54) is 42.5 Å². The lowest BCUT2D eigenvalue weighted by molar-refractivity contribution is 0.0697. The molecule has 1 heterocycles. The van der Waals surface area contributed by atoms with Crippen LogP contribution in [0.5, 0.6) is 0 Å². The summed E-state index contributed by atoms with van der Waals surface area (Å²) in [6.45, 7) is 11.4. The normalized spacial score (nSPS) is 16.3. The highest BCUT2D eigenvalue weighted by Crippen LogP contribution is 2.41. The average Bonchev–Trinajstić information content (AvgIpc) is 2.76. The fourth-order valence-electron chi connectivity index (χ4n) is 4.56. The first-order chi connectivity index (χ1) is 14.9. The first kappa shape index (κ1) is 23.1. The van der Waals surface area contributed by atoms with E-state index in [-0.39, 0.29) is 5.41 Å². The molecule has 1 atom stereocenters. The van der Waals surface area contributed by atoms with Crippen LogP contribution in [0.1, 0.15) is 92.8 Å². The monoisotopic (exact) mass is 419 g/mol. The van der Waals surface area contributed by atoms with E-state index in [0.717, 1.165) is 25.1 Å². The fourth-order valence-corrected chi connectivity index (χ4v) is 4.56. The summed E-state index contributed by atoms with van der Waals surface area (Å²) in [6.07, 6.45) is 10.4. The van der Waals surface area contributed by atoms with Crippen molar-refractivity contribution in [1.82, 2.24) is 0 Å². The molecule has 0 radical (unpaired) electrons. The van der Waals surface area contributed by atoms with Crippen LogP contribution in [0.4, 0.5) is 5.69 Å². The highest BCUT2D eigenvalue weighted by Gasteiger charge is 2.31. The van der Waals surface area contributed by atoms with Crippen LogP contribution >= 0.6 is 0 Å². The topological polar surface area (TPSA) is 40.5 Å². The quantitative estimate of drug-likeness (QED) is 0.434. The van der Waals surface area contributed by atoms with Crippen molar-refractivity contribution in [2.75, 3.05) is 18.0 Å². The number of anilines is 1.